The fourth-order valence-electron chi connectivity index (χ4n) is 2.78. The molecule has 0 N–H and O–H groups in total. The number of benzene rings is 1. The predicted octanol–water partition coefficient (Wildman–Crippen LogP) is 4.10. The number of aromatic nitrogens is 2. The molecule has 0 saturated carbocycles. The molecular formula is C22H13N3O3S. The number of para-hydroxylation sites is 1. The number of ketones is 1. The van der Waals surface area contributed by atoms with Crippen LogP contribution in [0, 0.1) is 11.3 Å². The lowest BCUT2D eigenvalue weighted by Crippen LogP contribution is -2.15. The number of hydrogen-bond acceptors (Lipinski definition) is 7. The smallest absolute Gasteiger partial charge is 0.347 e. The summed E-state index contributed by atoms with van der Waals surface area (Å²) >= 11 is 1.11. The molecule has 0 aliphatic carbocycles. The molecule has 3 aromatic heterocycles. The van der Waals surface area contributed by atoms with Gasteiger partial charge in [0.2, 0.25) is 0 Å². The summed E-state index contributed by atoms with van der Waals surface area (Å²) in [5.74, 6) is -0.423. The number of nitrogens with zero attached hydrogens (tertiary/aromatic N) is 3. The molecule has 7 heteroatoms. The second-order valence-corrected chi connectivity index (χ2v) is 7.06. The molecule has 140 valence electrons. The summed E-state index contributed by atoms with van der Waals surface area (Å²) in [5.41, 5.74) is 1.56. The first-order valence-corrected chi connectivity index (χ1v) is 9.65. The molecule has 4 aromatic rings. The van der Waals surface area contributed by atoms with E-state index in [9.17, 15) is 14.9 Å². The van der Waals surface area contributed by atoms with E-state index in [0.717, 1.165) is 17.3 Å². The zero-order valence-electron chi connectivity index (χ0n) is 15.0. The van der Waals surface area contributed by atoms with Crippen LogP contribution in [0.25, 0.3) is 22.2 Å². The molecule has 0 fully saturated rings. The molecule has 0 spiro atoms. The fourth-order valence-corrected chi connectivity index (χ4v) is 3.63. The van der Waals surface area contributed by atoms with Crippen molar-refractivity contribution in [2.24, 2.45) is 0 Å². The van der Waals surface area contributed by atoms with Crippen molar-refractivity contribution in [3.8, 4) is 17.3 Å². The second-order valence-electron chi connectivity index (χ2n) is 6.10. The molecule has 29 heavy (non-hydrogen) atoms. The van der Waals surface area contributed by atoms with Crippen LogP contribution in [-0.2, 0) is 0 Å². The molecule has 4 rings (SSSR count). The van der Waals surface area contributed by atoms with Crippen molar-refractivity contribution in [1.29, 1.82) is 5.26 Å². The molecule has 0 bridgehead atoms. The van der Waals surface area contributed by atoms with Crippen molar-refractivity contribution in [1.82, 2.24) is 9.97 Å². The first-order chi connectivity index (χ1) is 14.2. The van der Waals surface area contributed by atoms with Crippen molar-refractivity contribution in [2.75, 3.05) is 5.75 Å². The van der Waals surface area contributed by atoms with Gasteiger partial charge in [-0.1, -0.05) is 30.0 Å². The van der Waals surface area contributed by atoms with Gasteiger partial charge in [0.25, 0.3) is 0 Å². The van der Waals surface area contributed by atoms with Gasteiger partial charge in [0, 0.05) is 23.3 Å². The molecule has 0 atom stereocenters. The monoisotopic (exact) mass is 399 g/mol. The van der Waals surface area contributed by atoms with Gasteiger partial charge in [-0.05, 0) is 36.4 Å². The summed E-state index contributed by atoms with van der Waals surface area (Å²) in [6.07, 6.45) is 3.34. The van der Waals surface area contributed by atoms with Gasteiger partial charge in [-0.3, -0.25) is 9.78 Å². The first-order valence-electron chi connectivity index (χ1n) is 8.66. The third kappa shape index (κ3) is 3.93. The van der Waals surface area contributed by atoms with Crippen molar-refractivity contribution in [3.05, 3.63) is 88.5 Å². The molecule has 0 amide bonds. The summed E-state index contributed by atoms with van der Waals surface area (Å²) in [4.78, 5) is 33.4. The topological polar surface area (TPSA) is 96.8 Å². The van der Waals surface area contributed by atoms with E-state index < -0.39 is 5.63 Å². The summed E-state index contributed by atoms with van der Waals surface area (Å²) in [5, 5.41) is 10.5. The van der Waals surface area contributed by atoms with Crippen LogP contribution in [0.2, 0.25) is 0 Å². The highest BCUT2D eigenvalue weighted by Crippen LogP contribution is 2.25. The Morgan fingerprint density at radius 3 is 2.79 bits per heavy atom. The molecule has 0 radical (unpaired) electrons. The Labute approximate surface area is 169 Å². The van der Waals surface area contributed by atoms with E-state index in [-0.39, 0.29) is 17.1 Å². The number of carbonyl (C=O) groups excluding carboxylic acids is 1. The Morgan fingerprint density at radius 1 is 1.14 bits per heavy atom. The molecule has 1 aromatic carbocycles. The largest absolute Gasteiger partial charge is 0.422 e. The van der Waals surface area contributed by atoms with Crippen LogP contribution < -0.4 is 5.63 Å². The number of carbonyl (C=O) groups is 1. The minimum absolute atomic E-state index is 0.0156. The number of fused-ring (bicyclic) bond motifs is 1. The fraction of sp³-hybridized carbons (Fsp3) is 0.0455. The molecule has 0 aliphatic rings. The second kappa shape index (κ2) is 8.09. The van der Waals surface area contributed by atoms with Crippen molar-refractivity contribution < 1.29 is 9.21 Å². The van der Waals surface area contributed by atoms with Crippen molar-refractivity contribution >= 4 is 28.5 Å². The van der Waals surface area contributed by atoms with Gasteiger partial charge in [0.15, 0.2) is 5.78 Å². The normalized spacial score (nSPS) is 10.6. The van der Waals surface area contributed by atoms with E-state index in [1.54, 1.807) is 54.9 Å². The summed E-state index contributed by atoms with van der Waals surface area (Å²) in [6, 6.07) is 17.7. The minimum Gasteiger partial charge on any atom is -0.422 e. The number of hydrogen-bond donors (Lipinski definition) is 0. The number of rotatable bonds is 5. The maximum atomic E-state index is 12.6. The SMILES string of the molecule is N#Cc1ccc(-c2cccnc2)nc1SCC(=O)c1cc2ccccc2oc1=O. The number of thioether (sulfide) groups is 1. The standard InChI is InChI=1S/C22H13N3O3S/c23-11-15-7-8-18(16-5-3-9-24-12-16)25-21(15)29-13-19(26)17-10-14-4-1-2-6-20(14)28-22(17)27/h1-10,12H,13H2. The van der Waals surface area contributed by atoms with E-state index in [1.165, 1.54) is 6.07 Å². The van der Waals surface area contributed by atoms with Crippen LogP contribution in [0.5, 0.6) is 0 Å². The Morgan fingerprint density at radius 2 is 2.00 bits per heavy atom. The van der Waals surface area contributed by atoms with Crippen LogP contribution in [-0.4, -0.2) is 21.5 Å². The van der Waals surface area contributed by atoms with Gasteiger partial charge in [0.05, 0.1) is 17.0 Å². The average molecular weight is 399 g/mol. The maximum Gasteiger partial charge on any atom is 0.347 e. The summed E-state index contributed by atoms with van der Waals surface area (Å²) < 4.78 is 5.23. The summed E-state index contributed by atoms with van der Waals surface area (Å²) in [7, 11) is 0. The molecule has 6 nitrogen and oxygen atoms in total. The van der Waals surface area contributed by atoms with E-state index in [1.807, 2.05) is 6.07 Å². The number of Topliss-reactive ketones (excluding diaryl/α,β-unsaturated/α-hetero) is 1. The van der Waals surface area contributed by atoms with Crippen LogP contribution in [0.15, 0.2) is 81.2 Å². The predicted molar refractivity (Wildman–Crippen MR) is 110 cm³/mol. The average Bonchev–Trinajstić information content (AvgIpc) is 2.77. The first kappa shape index (κ1) is 18.6. The highest BCUT2D eigenvalue weighted by molar-refractivity contribution is 8.00. The van der Waals surface area contributed by atoms with Crippen LogP contribution in [0.4, 0.5) is 0 Å². The Hall–Kier alpha value is -3.76. The van der Waals surface area contributed by atoms with Gasteiger partial charge in [-0.15, -0.1) is 0 Å². The minimum atomic E-state index is -0.674. The Kier molecular flexibility index (Phi) is 5.18. The molecular weight excluding hydrogens is 386 g/mol. The van der Waals surface area contributed by atoms with Gasteiger partial charge < -0.3 is 4.42 Å². The van der Waals surface area contributed by atoms with Gasteiger partial charge in [0.1, 0.15) is 22.2 Å². The molecule has 0 unspecified atom stereocenters. The van der Waals surface area contributed by atoms with E-state index in [0.29, 0.717) is 27.3 Å². The quantitative estimate of drug-likeness (QED) is 0.283. The lowest BCUT2D eigenvalue weighted by molar-refractivity contribution is 0.101. The lowest BCUT2D eigenvalue weighted by atomic mass is 10.1. The third-order valence-corrected chi connectivity index (χ3v) is 5.21. The van der Waals surface area contributed by atoms with E-state index in [2.05, 4.69) is 16.0 Å². The van der Waals surface area contributed by atoms with Crippen molar-refractivity contribution in [3.63, 3.8) is 0 Å². The molecule has 0 aliphatic heterocycles. The Bertz CT molecular complexity index is 1310. The van der Waals surface area contributed by atoms with E-state index >= 15 is 0 Å². The zero-order chi connectivity index (χ0) is 20.2. The molecule has 0 saturated heterocycles. The van der Waals surface area contributed by atoms with Gasteiger partial charge >= 0.3 is 5.63 Å². The molecule has 3 heterocycles. The maximum absolute atomic E-state index is 12.6. The number of nitriles is 1. The number of pyridine rings is 2. The highest BCUT2D eigenvalue weighted by Gasteiger charge is 2.16. The van der Waals surface area contributed by atoms with Crippen molar-refractivity contribution in [2.45, 2.75) is 5.03 Å². The van der Waals surface area contributed by atoms with Crippen LogP contribution in [0.1, 0.15) is 15.9 Å². The van der Waals surface area contributed by atoms with Gasteiger partial charge in [-0.2, -0.15) is 5.26 Å². The third-order valence-electron chi connectivity index (χ3n) is 4.22. The summed E-state index contributed by atoms with van der Waals surface area (Å²) in [6.45, 7) is 0. The zero-order valence-corrected chi connectivity index (χ0v) is 15.8. The van der Waals surface area contributed by atoms with Gasteiger partial charge in [-0.25, -0.2) is 9.78 Å². The van der Waals surface area contributed by atoms with E-state index in [4.69, 9.17) is 4.42 Å². The highest BCUT2D eigenvalue weighted by atomic mass is 32.2. The Balaban J connectivity index is 1.60. The lowest BCUT2D eigenvalue weighted by Gasteiger charge is -2.06. The van der Waals surface area contributed by atoms with Crippen LogP contribution in [0.3, 0.4) is 0 Å². The van der Waals surface area contributed by atoms with Crippen LogP contribution >= 0.6 is 11.8 Å².